The van der Waals surface area contributed by atoms with E-state index < -0.39 is 11.0 Å². The molecule has 0 saturated heterocycles. The second kappa shape index (κ2) is 4.94. The fourth-order valence-electron chi connectivity index (χ4n) is 3.25. The molecule has 0 aromatic heterocycles. The Bertz CT molecular complexity index is 488. The summed E-state index contributed by atoms with van der Waals surface area (Å²) in [5.41, 5.74) is -1.41. The number of hydrogen-bond donors (Lipinski definition) is 1. The van der Waals surface area contributed by atoms with Gasteiger partial charge in [-0.3, -0.25) is 0 Å². The molecule has 3 heteroatoms. The highest BCUT2D eigenvalue weighted by atomic mass is 19.1. The molecule has 2 nitrogen and oxygen atoms in total. The second-order valence-corrected chi connectivity index (χ2v) is 5.97. The molecule has 3 atom stereocenters. The summed E-state index contributed by atoms with van der Waals surface area (Å²) in [7, 11) is 0. The van der Waals surface area contributed by atoms with Gasteiger partial charge in [-0.2, -0.15) is 5.26 Å². The molecule has 1 aromatic carbocycles. The van der Waals surface area contributed by atoms with Gasteiger partial charge in [-0.05, 0) is 43.4 Å². The minimum Gasteiger partial charge on any atom is -0.384 e. The van der Waals surface area contributed by atoms with Crippen LogP contribution < -0.4 is 0 Å². The zero-order valence-electron chi connectivity index (χ0n) is 11.5. The Balaban J connectivity index is 2.41. The van der Waals surface area contributed by atoms with Gasteiger partial charge in [0.2, 0.25) is 0 Å². The molecule has 1 saturated carbocycles. The Morgan fingerprint density at radius 3 is 2.58 bits per heavy atom. The first-order valence-corrected chi connectivity index (χ1v) is 6.81. The lowest BCUT2D eigenvalue weighted by molar-refractivity contribution is -0.0720. The van der Waals surface area contributed by atoms with Gasteiger partial charge in [0.1, 0.15) is 11.4 Å². The molecule has 1 aromatic rings. The van der Waals surface area contributed by atoms with Gasteiger partial charge in [0.15, 0.2) is 0 Å². The molecule has 1 aliphatic carbocycles. The zero-order valence-corrected chi connectivity index (χ0v) is 11.5. The lowest BCUT2D eigenvalue weighted by atomic mass is 9.60. The van der Waals surface area contributed by atoms with Crippen molar-refractivity contribution in [2.45, 2.75) is 45.1 Å². The van der Waals surface area contributed by atoms with E-state index in [0.717, 1.165) is 12.8 Å². The largest absolute Gasteiger partial charge is 0.384 e. The summed E-state index contributed by atoms with van der Waals surface area (Å²) >= 11 is 0. The van der Waals surface area contributed by atoms with Crippen molar-refractivity contribution in [3.05, 3.63) is 35.6 Å². The zero-order chi connectivity index (χ0) is 14.1. The van der Waals surface area contributed by atoms with Crippen LogP contribution in [-0.2, 0) is 5.60 Å². The maximum atomic E-state index is 13.0. The molecule has 0 amide bonds. The minimum atomic E-state index is -1.25. The molecule has 0 spiro atoms. The van der Waals surface area contributed by atoms with Crippen molar-refractivity contribution in [2.24, 2.45) is 11.3 Å². The first-order chi connectivity index (χ1) is 8.91. The van der Waals surface area contributed by atoms with E-state index >= 15 is 0 Å². The number of nitrogens with zero attached hydrogens (tertiary/aromatic N) is 1. The van der Waals surface area contributed by atoms with Crippen LogP contribution in [0.1, 0.15) is 45.1 Å². The highest BCUT2D eigenvalue weighted by molar-refractivity contribution is 5.29. The number of aliphatic hydroxyl groups is 1. The van der Waals surface area contributed by atoms with E-state index in [2.05, 4.69) is 13.0 Å². The average Bonchev–Trinajstić information content (AvgIpc) is 2.39. The number of halogens is 1. The van der Waals surface area contributed by atoms with Crippen molar-refractivity contribution in [1.29, 1.82) is 5.26 Å². The van der Waals surface area contributed by atoms with Crippen molar-refractivity contribution in [2.75, 3.05) is 0 Å². The van der Waals surface area contributed by atoms with Gasteiger partial charge in [0.25, 0.3) is 0 Å². The Morgan fingerprint density at radius 1 is 1.42 bits per heavy atom. The summed E-state index contributed by atoms with van der Waals surface area (Å²) in [6.07, 6.45) is 3.43. The Labute approximate surface area is 113 Å². The van der Waals surface area contributed by atoms with Crippen molar-refractivity contribution in [1.82, 2.24) is 0 Å². The average molecular weight is 261 g/mol. The van der Waals surface area contributed by atoms with Crippen LogP contribution in [0.15, 0.2) is 24.3 Å². The van der Waals surface area contributed by atoms with E-state index in [9.17, 15) is 14.8 Å². The number of nitriles is 1. The molecule has 0 aliphatic heterocycles. The first kappa shape index (κ1) is 14.0. The molecule has 0 radical (unpaired) electrons. The van der Waals surface area contributed by atoms with Crippen LogP contribution in [0, 0.1) is 28.5 Å². The fraction of sp³-hybridized carbons (Fsp3) is 0.562. The maximum absolute atomic E-state index is 13.0. The molecular formula is C16H20FNO. The third kappa shape index (κ3) is 2.37. The van der Waals surface area contributed by atoms with Crippen LogP contribution in [0.3, 0.4) is 0 Å². The molecule has 3 unspecified atom stereocenters. The van der Waals surface area contributed by atoms with Gasteiger partial charge in [0.05, 0.1) is 11.5 Å². The predicted molar refractivity (Wildman–Crippen MR) is 71.6 cm³/mol. The Morgan fingerprint density at radius 2 is 2.05 bits per heavy atom. The summed E-state index contributed by atoms with van der Waals surface area (Å²) < 4.78 is 13.0. The molecule has 1 N–H and O–H groups in total. The van der Waals surface area contributed by atoms with Gasteiger partial charge in [-0.1, -0.05) is 31.9 Å². The van der Waals surface area contributed by atoms with Crippen LogP contribution in [0.5, 0.6) is 0 Å². The van der Waals surface area contributed by atoms with E-state index in [4.69, 9.17) is 0 Å². The van der Waals surface area contributed by atoms with E-state index in [0.29, 0.717) is 24.3 Å². The van der Waals surface area contributed by atoms with Crippen LogP contribution in [0.25, 0.3) is 0 Å². The monoisotopic (exact) mass is 261 g/mol. The third-order valence-corrected chi connectivity index (χ3v) is 4.55. The number of benzene rings is 1. The molecule has 1 aliphatic rings. The molecule has 102 valence electrons. The summed E-state index contributed by atoms with van der Waals surface area (Å²) in [5, 5.41) is 20.6. The summed E-state index contributed by atoms with van der Waals surface area (Å²) in [4.78, 5) is 0. The quantitative estimate of drug-likeness (QED) is 0.881. The van der Waals surface area contributed by atoms with Crippen LogP contribution in [-0.4, -0.2) is 5.11 Å². The molecule has 0 heterocycles. The van der Waals surface area contributed by atoms with E-state index in [1.54, 1.807) is 19.1 Å². The Kier molecular flexibility index (Phi) is 3.64. The topological polar surface area (TPSA) is 44.0 Å². The van der Waals surface area contributed by atoms with Crippen LogP contribution >= 0.6 is 0 Å². The molecule has 19 heavy (non-hydrogen) atoms. The van der Waals surface area contributed by atoms with Crippen LogP contribution in [0.4, 0.5) is 4.39 Å². The van der Waals surface area contributed by atoms with Gasteiger partial charge in [0, 0.05) is 0 Å². The van der Waals surface area contributed by atoms with Gasteiger partial charge in [-0.25, -0.2) is 4.39 Å². The van der Waals surface area contributed by atoms with Crippen molar-refractivity contribution in [3.8, 4) is 6.07 Å². The van der Waals surface area contributed by atoms with Crippen LogP contribution in [0.2, 0.25) is 0 Å². The lowest BCUT2D eigenvalue weighted by Gasteiger charge is -2.45. The SMILES string of the molecule is CC1CCCC(C#N)(C(C)(O)c2ccc(F)cc2)C1. The van der Waals surface area contributed by atoms with Crippen molar-refractivity contribution >= 4 is 0 Å². The van der Waals surface area contributed by atoms with Gasteiger partial charge < -0.3 is 5.11 Å². The highest BCUT2D eigenvalue weighted by Crippen LogP contribution is 2.50. The summed E-state index contributed by atoms with van der Waals surface area (Å²) in [6.45, 7) is 3.80. The second-order valence-electron chi connectivity index (χ2n) is 5.97. The summed E-state index contributed by atoms with van der Waals surface area (Å²) in [5.74, 6) is 0.0999. The van der Waals surface area contributed by atoms with E-state index in [1.807, 2.05) is 0 Å². The van der Waals surface area contributed by atoms with Crippen molar-refractivity contribution in [3.63, 3.8) is 0 Å². The number of hydrogen-bond acceptors (Lipinski definition) is 2. The van der Waals surface area contributed by atoms with E-state index in [1.165, 1.54) is 12.1 Å². The minimum absolute atomic E-state index is 0.331. The summed E-state index contributed by atoms with van der Waals surface area (Å²) in [6, 6.07) is 8.18. The lowest BCUT2D eigenvalue weighted by Crippen LogP contribution is -2.45. The van der Waals surface area contributed by atoms with E-state index in [-0.39, 0.29) is 5.82 Å². The van der Waals surface area contributed by atoms with Crippen molar-refractivity contribution < 1.29 is 9.50 Å². The standard InChI is InChI=1S/C16H20FNO/c1-12-4-3-9-16(10-12,11-18)15(2,19)13-5-7-14(17)8-6-13/h5-8,12,19H,3-4,9-10H2,1-2H3. The molecular weight excluding hydrogens is 241 g/mol. The first-order valence-electron chi connectivity index (χ1n) is 6.81. The maximum Gasteiger partial charge on any atom is 0.123 e. The predicted octanol–water partition coefficient (Wildman–Crippen LogP) is 3.75. The number of rotatable bonds is 2. The van der Waals surface area contributed by atoms with Gasteiger partial charge >= 0.3 is 0 Å². The fourth-order valence-corrected chi connectivity index (χ4v) is 3.25. The molecule has 2 rings (SSSR count). The molecule has 0 bridgehead atoms. The van der Waals surface area contributed by atoms with Gasteiger partial charge in [-0.15, -0.1) is 0 Å². The molecule has 1 fully saturated rings. The highest BCUT2D eigenvalue weighted by Gasteiger charge is 2.50. The Hall–Kier alpha value is -1.40. The normalized spacial score (nSPS) is 30.4. The smallest absolute Gasteiger partial charge is 0.123 e. The third-order valence-electron chi connectivity index (χ3n) is 4.55.